The highest BCUT2D eigenvalue weighted by molar-refractivity contribution is 9.10. The van der Waals surface area contributed by atoms with Crippen molar-refractivity contribution < 1.29 is 9.18 Å². The molecule has 0 spiro atoms. The molecule has 0 bridgehead atoms. The summed E-state index contributed by atoms with van der Waals surface area (Å²) < 4.78 is 14.1. The third kappa shape index (κ3) is 2.80. The van der Waals surface area contributed by atoms with Crippen LogP contribution in [0.15, 0.2) is 22.7 Å². The predicted octanol–water partition coefficient (Wildman–Crippen LogP) is 2.57. The van der Waals surface area contributed by atoms with Crippen molar-refractivity contribution >= 4 is 21.8 Å². The molecule has 1 rings (SSSR count). The molecule has 0 aromatic heterocycles. The predicted molar refractivity (Wildman–Crippen MR) is 61.3 cm³/mol. The summed E-state index contributed by atoms with van der Waals surface area (Å²) in [5.74, 6) is -1.05. The molecular formula is C11H10BrFN2O. The number of halogens is 2. The second kappa shape index (κ2) is 5.61. The molecule has 1 amide bonds. The van der Waals surface area contributed by atoms with Crippen LogP contribution in [0.25, 0.3) is 0 Å². The van der Waals surface area contributed by atoms with Gasteiger partial charge in [-0.2, -0.15) is 5.26 Å². The molecule has 0 fully saturated rings. The number of hydrogen-bond donors (Lipinski definition) is 0. The van der Waals surface area contributed by atoms with Gasteiger partial charge in [0.05, 0.1) is 11.6 Å². The zero-order valence-electron chi connectivity index (χ0n) is 8.70. The van der Waals surface area contributed by atoms with Crippen LogP contribution in [0, 0.1) is 17.1 Å². The third-order valence-corrected chi connectivity index (χ3v) is 2.59. The number of rotatable bonds is 3. The number of carbonyl (C=O) groups is 1. The molecular weight excluding hydrogens is 275 g/mol. The monoisotopic (exact) mass is 284 g/mol. The molecule has 0 aliphatic rings. The highest BCUT2D eigenvalue weighted by Gasteiger charge is 2.17. The second-order valence-electron chi connectivity index (χ2n) is 3.10. The van der Waals surface area contributed by atoms with E-state index in [1.54, 1.807) is 13.0 Å². The van der Waals surface area contributed by atoms with Gasteiger partial charge in [-0.15, -0.1) is 0 Å². The van der Waals surface area contributed by atoms with Crippen molar-refractivity contribution in [3.63, 3.8) is 0 Å². The van der Waals surface area contributed by atoms with E-state index in [0.29, 0.717) is 11.0 Å². The van der Waals surface area contributed by atoms with Crippen LogP contribution in [0.1, 0.15) is 17.3 Å². The van der Waals surface area contributed by atoms with Crippen molar-refractivity contribution in [1.82, 2.24) is 4.90 Å². The van der Waals surface area contributed by atoms with Gasteiger partial charge in [-0.05, 0) is 25.1 Å². The lowest BCUT2D eigenvalue weighted by atomic mass is 10.2. The molecule has 0 N–H and O–H groups in total. The number of nitrogens with zero attached hydrogens (tertiary/aromatic N) is 2. The summed E-state index contributed by atoms with van der Waals surface area (Å²) in [5.41, 5.74) is -0.0136. The molecule has 3 nitrogen and oxygen atoms in total. The van der Waals surface area contributed by atoms with Gasteiger partial charge in [0.2, 0.25) is 0 Å². The lowest BCUT2D eigenvalue weighted by Crippen LogP contribution is -2.31. The molecule has 84 valence electrons. The van der Waals surface area contributed by atoms with Crippen molar-refractivity contribution in [1.29, 1.82) is 5.26 Å². The summed E-state index contributed by atoms with van der Waals surface area (Å²) in [4.78, 5) is 13.1. The summed E-state index contributed by atoms with van der Waals surface area (Å²) in [6.45, 7) is 2.08. The number of carbonyl (C=O) groups excluding carboxylic acids is 1. The van der Waals surface area contributed by atoms with E-state index < -0.39 is 11.7 Å². The minimum absolute atomic E-state index is 0.0136. The Morgan fingerprint density at radius 2 is 2.31 bits per heavy atom. The Morgan fingerprint density at radius 1 is 1.62 bits per heavy atom. The quantitative estimate of drug-likeness (QED) is 0.801. The van der Waals surface area contributed by atoms with E-state index >= 15 is 0 Å². The van der Waals surface area contributed by atoms with Gasteiger partial charge in [0.1, 0.15) is 12.4 Å². The molecule has 0 saturated heterocycles. The van der Waals surface area contributed by atoms with Crippen LogP contribution in [-0.2, 0) is 0 Å². The Labute approximate surface area is 102 Å². The van der Waals surface area contributed by atoms with E-state index in [-0.39, 0.29) is 12.1 Å². The van der Waals surface area contributed by atoms with Gasteiger partial charge in [-0.1, -0.05) is 15.9 Å². The van der Waals surface area contributed by atoms with Gasteiger partial charge in [-0.25, -0.2) is 4.39 Å². The highest BCUT2D eigenvalue weighted by Crippen LogP contribution is 2.16. The SMILES string of the molecule is CCN(CC#N)C(=O)c1ccc(Br)cc1F. The van der Waals surface area contributed by atoms with Crippen molar-refractivity contribution in [2.45, 2.75) is 6.92 Å². The van der Waals surface area contributed by atoms with E-state index in [0.717, 1.165) is 0 Å². The van der Waals surface area contributed by atoms with Gasteiger partial charge in [-0.3, -0.25) is 4.79 Å². The van der Waals surface area contributed by atoms with Crippen LogP contribution in [0.5, 0.6) is 0 Å². The number of nitriles is 1. The number of benzene rings is 1. The first-order valence-corrected chi connectivity index (χ1v) is 5.50. The zero-order chi connectivity index (χ0) is 12.1. The molecule has 1 aromatic rings. The Balaban J connectivity index is 3.00. The van der Waals surface area contributed by atoms with Crippen LogP contribution in [0.3, 0.4) is 0 Å². The fourth-order valence-electron chi connectivity index (χ4n) is 1.25. The van der Waals surface area contributed by atoms with Crippen LogP contribution in [0.2, 0.25) is 0 Å². The molecule has 0 aliphatic heterocycles. The van der Waals surface area contributed by atoms with Crippen LogP contribution < -0.4 is 0 Å². The number of amides is 1. The van der Waals surface area contributed by atoms with Crippen LogP contribution >= 0.6 is 15.9 Å². The molecule has 5 heteroatoms. The normalized spacial score (nSPS) is 9.62. The molecule has 0 saturated carbocycles. The van der Waals surface area contributed by atoms with Crippen molar-refractivity contribution in [2.24, 2.45) is 0 Å². The van der Waals surface area contributed by atoms with Gasteiger partial charge in [0, 0.05) is 11.0 Å². The minimum atomic E-state index is -0.587. The third-order valence-electron chi connectivity index (χ3n) is 2.09. The van der Waals surface area contributed by atoms with Crippen LogP contribution in [-0.4, -0.2) is 23.9 Å². The minimum Gasteiger partial charge on any atom is -0.326 e. The van der Waals surface area contributed by atoms with Gasteiger partial charge < -0.3 is 4.90 Å². The maximum Gasteiger partial charge on any atom is 0.257 e. The smallest absolute Gasteiger partial charge is 0.257 e. The number of hydrogen-bond acceptors (Lipinski definition) is 2. The zero-order valence-corrected chi connectivity index (χ0v) is 10.3. The first-order chi connectivity index (χ1) is 7.60. The average molecular weight is 285 g/mol. The highest BCUT2D eigenvalue weighted by atomic mass is 79.9. The van der Waals surface area contributed by atoms with E-state index in [9.17, 15) is 9.18 Å². The maximum absolute atomic E-state index is 13.5. The lowest BCUT2D eigenvalue weighted by Gasteiger charge is -2.17. The largest absolute Gasteiger partial charge is 0.326 e. The van der Waals surface area contributed by atoms with Crippen LogP contribution in [0.4, 0.5) is 4.39 Å². The first-order valence-electron chi connectivity index (χ1n) is 4.71. The fraction of sp³-hybridized carbons (Fsp3) is 0.273. The summed E-state index contributed by atoms with van der Waals surface area (Å²) in [6.07, 6.45) is 0. The average Bonchev–Trinajstić information content (AvgIpc) is 2.25. The summed E-state index contributed by atoms with van der Waals surface area (Å²) in [7, 11) is 0. The van der Waals surface area contributed by atoms with Gasteiger partial charge >= 0.3 is 0 Å². The lowest BCUT2D eigenvalue weighted by molar-refractivity contribution is 0.0779. The van der Waals surface area contributed by atoms with E-state index in [1.807, 2.05) is 6.07 Å². The molecule has 0 unspecified atom stereocenters. The second-order valence-corrected chi connectivity index (χ2v) is 4.02. The topological polar surface area (TPSA) is 44.1 Å². The molecule has 1 aromatic carbocycles. The molecule has 0 heterocycles. The molecule has 0 radical (unpaired) electrons. The Bertz CT molecular complexity index is 442. The summed E-state index contributed by atoms with van der Waals surface area (Å²) in [5, 5.41) is 8.53. The van der Waals surface area contributed by atoms with E-state index in [2.05, 4.69) is 15.9 Å². The van der Waals surface area contributed by atoms with Gasteiger partial charge in [0.15, 0.2) is 0 Å². The molecule has 16 heavy (non-hydrogen) atoms. The Morgan fingerprint density at radius 3 is 2.81 bits per heavy atom. The summed E-state index contributed by atoms with van der Waals surface area (Å²) in [6, 6.07) is 6.10. The molecule has 0 aliphatic carbocycles. The standard InChI is InChI=1S/C11H10BrFN2O/c1-2-15(6-5-14)11(16)9-4-3-8(12)7-10(9)13/h3-4,7H,2,6H2,1H3. The van der Waals surface area contributed by atoms with Crippen molar-refractivity contribution in [3.05, 3.63) is 34.1 Å². The van der Waals surface area contributed by atoms with Crippen molar-refractivity contribution in [2.75, 3.05) is 13.1 Å². The van der Waals surface area contributed by atoms with E-state index in [4.69, 9.17) is 5.26 Å². The van der Waals surface area contributed by atoms with E-state index in [1.165, 1.54) is 17.0 Å². The maximum atomic E-state index is 13.5. The summed E-state index contributed by atoms with van der Waals surface area (Å²) >= 11 is 3.11. The Hall–Kier alpha value is -1.41. The Kier molecular flexibility index (Phi) is 4.44. The van der Waals surface area contributed by atoms with Gasteiger partial charge in [0.25, 0.3) is 5.91 Å². The molecule has 0 atom stereocenters. The first kappa shape index (κ1) is 12.7. The fourth-order valence-corrected chi connectivity index (χ4v) is 1.58. The van der Waals surface area contributed by atoms with Crippen molar-refractivity contribution in [3.8, 4) is 6.07 Å².